The molecule has 2 atom stereocenters. The van der Waals surface area contributed by atoms with E-state index in [1.165, 1.54) is 11.8 Å². The Morgan fingerprint density at radius 1 is 0.933 bits per heavy atom. The zero-order chi connectivity index (χ0) is 43.1. The Morgan fingerprint density at radius 2 is 1.58 bits per heavy atom. The van der Waals surface area contributed by atoms with Crippen LogP contribution in [0.1, 0.15) is 83.1 Å². The molecule has 15 nitrogen and oxygen atoms in total. The first kappa shape index (κ1) is 43.4. The van der Waals surface area contributed by atoms with E-state index in [0.717, 1.165) is 23.3 Å². The quantitative estimate of drug-likeness (QED) is 0.196. The molecule has 1 aromatic carbocycles. The number of nitrogens with one attached hydrogen (secondary N) is 1. The largest absolute Gasteiger partial charge is 0.444 e. The number of hydrogen-bond acceptors (Lipinski definition) is 12. The van der Waals surface area contributed by atoms with Gasteiger partial charge in [-0.2, -0.15) is 0 Å². The smallest absolute Gasteiger partial charge is 0.410 e. The van der Waals surface area contributed by atoms with Crippen LogP contribution in [0.5, 0.6) is 0 Å². The summed E-state index contributed by atoms with van der Waals surface area (Å²) in [6, 6.07) is 9.05. The van der Waals surface area contributed by atoms with E-state index in [1.807, 2.05) is 90.4 Å². The molecule has 3 amide bonds. The molecule has 3 aromatic heterocycles. The fraction of sp³-hybridized carbons (Fsp3) is 0.535. The van der Waals surface area contributed by atoms with Crippen molar-refractivity contribution in [2.45, 2.75) is 108 Å². The number of hydrogen-bond donors (Lipinski definition) is 2. The molecular weight excluding hydrogens is 808 g/mol. The maximum Gasteiger partial charge on any atom is 0.410 e. The molecule has 1 spiro atoms. The lowest BCUT2D eigenvalue weighted by Crippen LogP contribution is -2.55. The standard InChI is InChI=1S/C43H55ClN8O7S/c1-26-37(47-31(24-53)35(45-26)49-17-14-43(15-18-49)25-57-27(2)34(43)48-39(55)58-41(3,4)5)60-32-13-16-52-23-30(46-36(52)33(32)44)28-9-11-29(12-10-28)38(54)50-19-21-51(22-20-50)40(56)59-42(6,7)8/h9-13,16,23,27,34,53H,14-15,17-22,24-25H2,1-8H3,(H,48,55)/t27-,34+/m0/s1. The molecule has 2 N–H and O–H groups in total. The third-order valence-electron chi connectivity index (χ3n) is 11.1. The first-order chi connectivity index (χ1) is 28.3. The molecule has 17 heteroatoms. The van der Waals surface area contributed by atoms with Gasteiger partial charge in [0.05, 0.1) is 41.8 Å². The molecular formula is C43H55ClN8O7S. The summed E-state index contributed by atoms with van der Waals surface area (Å²) in [7, 11) is 0. The van der Waals surface area contributed by atoms with Gasteiger partial charge in [-0.25, -0.2) is 24.5 Å². The van der Waals surface area contributed by atoms with Gasteiger partial charge in [0.1, 0.15) is 21.9 Å². The van der Waals surface area contributed by atoms with Gasteiger partial charge >= 0.3 is 12.2 Å². The fourth-order valence-corrected chi connectivity index (χ4v) is 9.18. The molecule has 3 saturated heterocycles. The summed E-state index contributed by atoms with van der Waals surface area (Å²) in [5.74, 6) is 0.549. The van der Waals surface area contributed by atoms with Crippen molar-refractivity contribution in [3.63, 3.8) is 0 Å². The van der Waals surface area contributed by atoms with Gasteiger partial charge in [0.2, 0.25) is 0 Å². The molecule has 0 aliphatic carbocycles. The van der Waals surface area contributed by atoms with E-state index in [4.69, 9.17) is 40.8 Å². The molecule has 322 valence electrons. The first-order valence-corrected chi connectivity index (χ1v) is 21.6. The normalized spacial score (nSPS) is 19.5. The Morgan fingerprint density at radius 3 is 2.22 bits per heavy atom. The lowest BCUT2D eigenvalue weighted by Gasteiger charge is -2.43. The maximum atomic E-state index is 13.3. The fourth-order valence-electron chi connectivity index (χ4n) is 7.99. The van der Waals surface area contributed by atoms with Gasteiger partial charge in [0, 0.05) is 73.1 Å². The zero-order valence-electron chi connectivity index (χ0n) is 35.6. The van der Waals surface area contributed by atoms with Crippen molar-refractivity contribution in [2.24, 2.45) is 5.41 Å². The van der Waals surface area contributed by atoms with Crippen molar-refractivity contribution < 1.29 is 33.7 Å². The average Bonchev–Trinajstić information content (AvgIpc) is 3.76. The van der Waals surface area contributed by atoms with E-state index < -0.39 is 17.3 Å². The predicted octanol–water partition coefficient (Wildman–Crippen LogP) is 6.99. The molecule has 7 rings (SSSR count). The summed E-state index contributed by atoms with van der Waals surface area (Å²) in [5.41, 5.74) is 2.41. The maximum absolute atomic E-state index is 13.3. The number of alkyl carbamates (subject to hydrolysis) is 1. The number of benzene rings is 1. The number of aryl methyl sites for hydroxylation is 1. The van der Waals surface area contributed by atoms with Crippen molar-refractivity contribution in [3.05, 3.63) is 64.7 Å². The molecule has 0 radical (unpaired) electrons. The Hall–Kier alpha value is -4.64. The lowest BCUT2D eigenvalue weighted by atomic mass is 9.73. The number of anilines is 1. The van der Waals surface area contributed by atoms with Crippen molar-refractivity contribution in [3.8, 4) is 11.3 Å². The number of fused-ring (bicyclic) bond motifs is 1. The van der Waals surface area contributed by atoms with Crippen LogP contribution in [0.25, 0.3) is 16.9 Å². The molecule has 3 aliphatic rings. The summed E-state index contributed by atoms with van der Waals surface area (Å²) >= 11 is 8.36. The minimum Gasteiger partial charge on any atom is -0.444 e. The number of amides is 3. The lowest BCUT2D eigenvalue weighted by molar-refractivity contribution is 0.0140. The van der Waals surface area contributed by atoms with Crippen LogP contribution in [0.15, 0.2) is 52.6 Å². The second kappa shape index (κ2) is 17.0. The number of pyridine rings is 1. The van der Waals surface area contributed by atoms with Gasteiger partial charge in [0.25, 0.3) is 5.91 Å². The number of piperidine rings is 1. The van der Waals surface area contributed by atoms with E-state index in [9.17, 15) is 19.5 Å². The topological polar surface area (TPSA) is 164 Å². The van der Waals surface area contributed by atoms with E-state index in [2.05, 4.69) is 10.2 Å². The minimum atomic E-state index is -0.600. The number of rotatable bonds is 7. The molecule has 0 saturated carbocycles. The van der Waals surface area contributed by atoms with Crippen LogP contribution in [0.3, 0.4) is 0 Å². The number of aliphatic hydroxyl groups excluding tert-OH is 1. The number of aromatic nitrogens is 4. The van der Waals surface area contributed by atoms with Gasteiger partial charge in [-0.1, -0.05) is 35.5 Å². The number of carbonyl (C=O) groups excluding carboxylic acids is 3. The van der Waals surface area contributed by atoms with Crippen LogP contribution in [0.4, 0.5) is 15.4 Å². The van der Waals surface area contributed by atoms with Crippen LogP contribution >= 0.6 is 23.4 Å². The van der Waals surface area contributed by atoms with Gasteiger partial charge in [-0.3, -0.25) is 4.79 Å². The number of imidazole rings is 1. The Bertz CT molecular complexity index is 2240. The predicted molar refractivity (Wildman–Crippen MR) is 229 cm³/mol. The monoisotopic (exact) mass is 862 g/mol. The second-order valence-corrected chi connectivity index (χ2v) is 19.2. The highest BCUT2D eigenvalue weighted by Gasteiger charge is 2.51. The number of aliphatic hydroxyl groups is 1. The average molecular weight is 863 g/mol. The molecule has 6 heterocycles. The van der Waals surface area contributed by atoms with Gasteiger partial charge in [0.15, 0.2) is 11.5 Å². The summed E-state index contributed by atoms with van der Waals surface area (Å²) < 4.78 is 19.0. The molecule has 0 unspecified atom stereocenters. The van der Waals surface area contributed by atoms with E-state index >= 15 is 0 Å². The molecule has 60 heavy (non-hydrogen) atoms. The van der Waals surface area contributed by atoms with E-state index in [0.29, 0.717) is 90.0 Å². The Kier molecular flexibility index (Phi) is 12.3. The second-order valence-electron chi connectivity index (χ2n) is 17.8. The molecule has 3 aliphatic heterocycles. The van der Waals surface area contributed by atoms with Crippen LogP contribution < -0.4 is 10.2 Å². The zero-order valence-corrected chi connectivity index (χ0v) is 37.2. The van der Waals surface area contributed by atoms with E-state index in [-0.39, 0.29) is 36.2 Å². The summed E-state index contributed by atoms with van der Waals surface area (Å²) in [4.78, 5) is 59.5. The minimum absolute atomic E-state index is 0.0955. The third kappa shape index (κ3) is 9.46. The Labute approximate surface area is 360 Å². The van der Waals surface area contributed by atoms with Crippen LogP contribution in [-0.2, 0) is 20.8 Å². The van der Waals surface area contributed by atoms with Crippen molar-refractivity contribution in [2.75, 3.05) is 50.8 Å². The van der Waals surface area contributed by atoms with Crippen molar-refractivity contribution in [1.82, 2.24) is 34.5 Å². The first-order valence-electron chi connectivity index (χ1n) is 20.4. The number of ether oxygens (including phenoxy) is 3. The number of piperazine rings is 1. The van der Waals surface area contributed by atoms with Crippen molar-refractivity contribution >= 4 is 52.9 Å². The number of nitrogens with zero attached hydrogens (tertiary/aromatic N) is 7. The van der Waals surface area contributed by atoms with Crippen LogP contribution in [0, 0.1) is 12.3 Å². The van der Waals surface area contributed by atoms with Crippen LogP contribution in [-0.4, -0.2) is 122 Å². The third-order valence-corrected chi connectivity index (χ3v) is 12.7. The van der Waals surface area contributed by atoms with Gasteiger partial charge in [-0.05, 0) is 86.4 Å². The summed E-state index contributed by atoms with van der Waals surface area (Å²) in [6.07, 6.45) is 4.36. The highest BCUT2D eigenvalue weighted by Crippen LogP contribution is 2.44. The molecule has 4 aromatic rings. The summed E-state index contributed by atoms with van der Waals surface area (Å²) in [6.45, 7) is 18.2. The summed E-state index contributed by atoms with van der Waals surface area (Å²) in [5, 5.41) is 14.7. The Balaban J connectivity index is 1.000. The molecule has 3 fully saturated rings. The SMILES string of the molecule is Cc1nc(N2CCC3(CC2)CO[C@@H](C)[C@H]3NC(=O)OC(C)(C)C)c(CO)nc1Sc1ccn2cc(-c3ccc(C(=O)N4CCN(C(=O)OC(C)(C)C)CC4)cc3)nc2c1Cl. The van der Waals surface area contributed by atoms with Gasteiger partial charge < -0.3 is 43.7 Å². The van der Waals surface area contributed by atoms with Crippen LogP contribution in [0.2, 0.25) is 5.02 Å². The number of carbonyl (C=O) groups is 3. The van der Waals surface area contributed by atoms with Gasteiger partial charge in [-0.15, -0.1) is 0 Å². The highest BCUT2D eigenvalue weighted by molar-refractivity contribution is 7.99. The highest BCUT2D eigenvalue weighted by atomic mass is 35.5. The number of halogens is 1. The van der Waals surface area contributed by atoms with E-state index in [1.54, 1.807) is 21.9 Å². The molecule has 0 bridgehead atoms. The van der Waals surface area contributed by atoms with Crippen molar-refractivity contribution in [1.29, 1.82) is 0 Å².